The molecule has 5 nitrogen and oxygen atoms in total. The molecule has 142 valence electrons. The Hall–Kier alpha value is -1.32. The van der Waals surface area contributed by atoms with E-state index in [0.29, 0.717) is 29.0 Å². The maximum atomic E-state index is 11.5. The number of halogens is 2. The summed E-state index contributed by atoms with van der Waals surface area (Å²) in [7, 11) is -3.17. The highest BCUT2D eigenvalue weighted by Gasteiger charge is 2.06. The normalized spacial score (nSPS) is 11.6. The Labute approximate surface area is 177 Å². The smallest absolute Gasteiger partial charge is 0.191 e. The van der Waals surface area contributed by atoms with Crippen LogP contribution in [0.25, 0.3) is 0 Å². The number of hydrogen-bond acceptors (Lipinski definition) is 3. The van der Waals surface area contributed by atoms with Gasteiger partial charge in [-0.05, 0) is 42.3 Å². The van der Waals surface area contributed by atoms with Crippen LogP contribution in [0.5, 0.6) is 0 Å². The number of benzene rings is 2. The molecular weight excluding hydrogens is 485 g/mol. The van der Waals surface area contributed by atoms with Gasteiger partial charge in [-0.2, -0.15) is 0 Å². The van der Waals surface area contributed by atoms with Crippen molar-refractivity contribution in [1.82, 2.24) is 10.6 Å². The topological polar surface area (TPSA) is 70.6 Å². The van der Waals surface area contributed by atoms with Crippen molar-refractivity contribution in [3.63, 3.8) is 0 Å². The van der Waals surface area contributed by atoms with Gasteiger partial charge in [0.2, 0.25) is 0 Å². The average Bonchev–Trinajstić information content (AvgIpc) is 2.58. The highest BCUT2D eigenvalue weighted by atomic mass is 127. The highest BCUT2D eigenvalue weighted by Crippen LogP contribution is 2.11. The first-order chi connectivity index (χ1) is 11.9. The average molecular weight is 508 g/mol. The molecule has 0 aliphatic carbocycles. The predicted molar refractivity (Wildman–Crippen MR) is 118 cm³/mol. The molecule has 0 fully saturated rings. The van der Waals surface area contributed by atoms with E-state index in [1.807, 2.05) is 31.2 Å². The molecule has 0 atom stereocenters. The van der Waals surface area contributed by atoms with Crippen LogP contribution >= 0.6 is 35.6 Å². The van der Waals surface area contributed by atoms with Gasteiger partial charge in [-0.3, -0.25) is 0 Å². The van der Waals surface area contributed by atoms with Crippen molar-refractivity contribution in [3.8, 4) is 0 Å². The summed E-state index contributed by atoms with van der Waals surface area (Å²) in [4.78, 5) is 4.86. The van der Waals surface area contributed by atoms with Crippen LogP contribution in [-0.2, 0) is 22.9 Å². The summed E-state index contributed by atoms with van der Waals surface area (Å²) in [6, 6.07) is 14.4. The zero-order valence-corrected chi connectivity index (χ0v) is 18.6. The fraction of sp³-hybridized carbons (Fsp3) is 0.278. The number of aliphatic imine (C=N–C) groups is 1. The van der Waals surface area contributed by atoms with E-state index in [4.69, 9.17) is 11.6 Å². The zero-order valence-electron chi connectivity index (χ0n) is 14.7. The maximum absolute atomic E-state index is 11.5. The van der Waals surface area contributed by atoms with Crippen molar-refractivity contribution in [3.05, 3.63) is 64.7 Å². The lowest BCUT2D eigenvalue weighted by molar-refractivity contribution is 0.602. The van der Waals surface area contributed by atoms with E-state index in [-0.39, 0.29) is 24.0 Å². The zero-order chi connectivity index (χ0) is 18.3. The summed E-state index contributed by atoms with van der Waals surface area (Å²) in [6.45, 7) is 3.84. The van der Waals surface area contributed by atoms with Crippen molar-refractivity contribution in [2.24, 2.45) is 4.99 Å². The van der Waals surface area contributed by atoms with Crippen molar-refractivity contribution in [2.45, 2.75) is 24.9 Å². The number of sulfone groups is 1. The summed E-state index contributed by atoms with van der Waals surface area (Å²) >= 11 is 5.88. The minimum absolute atomic E-state index is 0. The standard InChI is InChI=1S/C18H22ClN3O2S.HI/c1-3-20-18(21-12-14-4-8-16(19)9-5-14)22-13-15-6-10-17(11-7-15)25(2,23)24;/h4-11H,3,12-13H2,1-2H3,(H2,20,21,22);1H. The first-order valence-corrected chi connectivity index (χ1v) is 10.2. The second kappa shape index (κ2) is 10.7. The van der Waals surface area contributed by atoms with Crippen molar-refractivity contribution in [2.75, 3.05) is 12.8 Å². The van der Waals surface area contributed by atoms with Gasteiger partial charge in [0.05, 0.1) is 11.4 Å². The molecule has 2 aromatic carbocycles. The second-order valence-electron chi connectivity index (χ2n) is 5.59. The molecule has 0 amide bonds. The lowest BCUT2D eigenvalue weighted by atomic mass is 10.2. The molecule has 0 aliphatic rings. The van der Waals surface area contributed by atoms with Crippen LogP contribution in [0, 0.1) is 0 Å². The van der Waals surface area contributed by atoms with Crippen LogP contribution in [0.2, 0.25) is 5.02 Å². The molecule has 0 aromatic heterocycles. The van der Waals surface area contributed by atoms with Gasteiger partial charge in [-0.15, -0.1) is 24.0 Å². The van der Waals surface area contributed by atoms with Gasteiger partial charge in [0, 0.05) is 24.4 Å². The third kappa shape index (κ3) is 7.51. The highest BCUT2D eigenvalue weighted by molar-refractivity contribution is 14.0. The lowest BCUT2D eigenvalue weighted by Crippen LogP contribution is -2.36. The fourth-order valence-corrected chi connectivity index (χ4v) is 2.90. The summed E-state index contributed by atoms with van der Waals surface area (Å²) < 4.78 is 23.0. The van der Waals surface area contributed by atoms with Gasteiger partial charge < -0.3 is 10.6 Å². The molecule has 0 spiro atoms. The molecule has 26 heavy (non-hydrogen) atoms. The SMILES string of the molecule is CCNC(=NCc1ccc(Cl)cc1)NCc1ccc(S(C)(=O)=O)cc1.I. The van der Waals surface area contributed by atoms with Gasteiger partial charge in [0.15, 0.2) is 15.8 Å². The molecule has 2 N–H and O–H groups in total. The Bertz CT molecular complexity index is 823. The van der Waals surface area contributed by atoms with E-state index >= 15 is 0 Å². The molecule has 0 unspecified atom stereocenters. The Morgan fingerprint density at radius 1 is 1.00 bits per heavy atom. The molecular formula is C18H23ClIN3O2S. The molecule has 0 aliphatic heterocycles. The summed E-state index contributed by atoms with van der Waals surface area (Å²) in [5.41, 5.74) is 2.05. The Morgan fingerprint density at radius 3 is 2.12 bits per heavy atom. The fourth-order valence-electron chi connectivity index (χ4n) is 2.14. The molecule has 0 radical (unpaired) electrons. The number of rotatable bonds is 6. The molecule has 2 aromatic rings. The van der Waals surface area contributed by atoms with Gasteiger partial charge in [-0.1, -0.05) is 35.9 Å². The largest absolute Gasteiger partial charge is 0.357 e. The first kappa shape index (κ1) is 22.7. The van der Waals surface area contributed by atoms with E-state index in [1.165, 1.54) is 6.26 Å². The van der Waals surface area contributed by atoms with E-state index in [9.17, 15) is 8.42 Å². The van der Waals surface area contributed by atoms with E-state index < -0.39 is 9.84 Å². The van der Waals surface area contributed by atoms with Crippen molar-refractivity contribution < 1.29 is 8.42 Å². The Kier molecular flexibility index (Phi) is 9.38. The predicted octanol–water partition coefficient (Wildman–Crippen LogP) is 3.62. The molecule has 0 saturated carbocycles. The van der Waals surface area contributed by atoms with Gasteiger partial charge in [0.25, 0.3) is 0 Å². The van der Waals surface area contributed by atoms with Gasteiger partial charge >= 0.3 is 0 Å². The minimum Gasteiger partial charge on any atom is -0.357 e. The van der Waals surface area contributed by atoms with Gasteiger partial charge in [-0.25, -0.2) is 13.4 Å². The maximum Gasteiger partial charge on any atom is 0.191 e. The molecule has 2 rings (SSSR count). The van der Waals surface area contributed by atoms with Crippen LogP contribution < -0.4 is 10.6 Å². The summed E-state index contributed by atoms with van der Waals surface area (Å²) in [5.74, 6) is 0.699. The number of hydrogen-bond donors (Lipinski definition) is 2. The third-order valence-corrected chi connectivity index (χ3v) is 4.87. The lowest BCUT2D eigenvalue weighted by Gasteiger charge is -2.11. The third-order valence-electron chi connectivity index (χ3n) is 3.49. The summed E-state index contributed by atoms with van der Waals surface area (Å²) in [6.07, 6.45) is 1.20. The van der Waals surface area contributed by atoms with Crippen LogP contribution in [-0.4, -0.2) is 27.2 Å². The van der Waals surface area contributed by atoms with Crippen molar-refractivity contribution in [1.29, 1.82) is 0 Å². The monoisotopic (exact) mass is 507 g/mol. The first-order valence-electron chi connectivity index (χ1n) is 7.94. The number of guanidine groups is 1. The minimum atomic E-state index is -3.17. The van der Waals surface area contributed by atoms with E-state index in [2.05, 4.69) is 15.6 Å². The Balaban J connectivity index is 0.00000338. The van der Waals surface area contributed by atoms with Crippen LogP contribution in [0.4, 0.5) is 0 Å². The number of nitrogens with zero attached hydrogens (tertiary/aromatic N) is 1. The number of nitrogens with one attached hydrogen (secondary N) is 2. The molecule has 8 heteroatoms. The van der Waals surface area contributed by atoms with E-state index in [1.54, 1.807) is 24.3 Å². The Morgan fingerprint density at radius 2 is 1.58 bits per heavy atom. The van der Waals surface area contributed by atoms with Crippen LogP contribution in [0.15, 0.2) is 58.4 Å². The molecule has 0 saturated heterocycles. The second-order valence-corrected chi connectivity index (χ2v) is 8.04. The molecule has 0 bridgehead atoms. The summed E-state index contributed by atoms with van der Waals surface area (Å²) in [5, 5.41) is 7.13. The molecule has 0 heterocycles. The quantitative estimate of drug-likeness (QED) is 0.356. The van der Waals surface area contributed by atoms with Gasteiger partial charge in [0.1, 0.15) is 0 Å². The van der Waals surface area contributed by atoms with Crippen LogP contribution in [0.1, 0.15) is 18.1 Å². The van der Waals surface area contributed by atoms with Crippen LogP contribution in [0.3, 0.4) is 0 Å². The van der Waals surface area contributed by atoms with E-state index in [0.717, 1.165) is 17.7 Å². The van der Waals surface area contributed by atoms with Crippen molar-refractivity contribution >= 4 is 51.4 Å².